The summed E-state index contributed by atoms with van der Waals surface area (Å²) in [6, 6.07) is 3.54. The zero-order valence-electron chi connectivity index (χ0n) is 8.85. The summed E-state index contributed by atoms with van der Waals surface area (Å²) in [5.74, 6) is 1.19. The van der Waals surface area contributed by atoms with Gasteiger partial charge in [-0.3, -0.25) is 5.41 Å². The van der Waals surface area contributed by atoms with Crippen LogP contribution in [0.3, 0.4) is 0 Å². The zero-order valence-corrected chi connectivity index (χ0v) is 8.85. The average molecular weight is 195 g/mol. The molecule has 0 bridgehead atoms. The van der Waals surface area contributed by atoms with E-state index in [9.17, 15) is 0 Å². The normalized spacial score (nSPS) is 11.6. The van der Waals surface area contributed by atoms with Crippen LogP contribution in [-0.4, -0.2) is 11.4 Å². The lowest BCUT2D eigenvalue weighted by atomic mass is 10.1. The number of hydrogen-bond donors (Lipinski definition) is 3. The predicted octanol–water partition coefficient (Wildman–Crippen LogP) is 1.45. The largest absolute Gasteiger partial charge is 0.457 e. The number of hydrogen-bond acceptors (Lipinski definition) is 3. The smallest absolute Gasteiger partial charge is 0.168 e. The second kappa shape index (κ2) is 3.84. The van der Waals surface area contributed by atoms with Crippen LogP contribution in [0.25, 0.3) is 0 Å². The highest BCUT2D eigenvalue weighted by Crippen LogP contribution is 2.08. The molecule has 1 heterocycles. The van der Waals surface area contributed by atoms with Crippen LogP contribution in [0.5, 0.6) is 0 Å². The zero-order chi connectivity index (χ0) is 10.8. The van der Waals surface area contributed by atoms with Crippen LogP contribution in [-0.2, 0) is 6.54 Å². The maximum Gasteiger partial charge on any atom is 0.168 e. The van der Waals surface area contributed by atoms with Crippen molar-refractivity contribution in [3.05, 3.63) is 23.7 Å². The highest BCUT2D eigenvalue weighted by molar-refractivity contribution is 5.92. The summed E-state index contributed by atoms with van der Waals surface area (Å²) >= 11 is 0. The average Bonchev–Trinajstić information content (AvgIpc) is 2.47. The van der Waals surface area contributed by atoms with Gasteiger partial charge in [-0.1, -0.05) is 0 Å². The van der Waals surface area contributed by atoms with Crippen LogP contribution >= 0.6 is 0 Å². The number of furan rings is 1. The van der Waals surface area contributed by atoms with Gasteiger partial charge in [0.05, 0.1) is 6.54 Å². The molecule has 0 radical (unpaired) electrons. The van der Waals surface area contributed by atoms with E-state index in [0.29, 0.717) is 12.3 Å². The Morgan fingerprint density at radius 1 is 1.50 bits per heavy atom. The van der Waals surface area contributed by atoms with Gasteiger partial charge in [-0.2, -0.15) is 0 Å². The van der Waals surface area contributed by atoms with Crippen molar-refractivity contribution in [1.29, 1.82) is 5.41 Å². The third-order valence-corrected chi connectivity index (χ3v) is 1.72. The molecule has 0 aliphatic carbocycles. The minimum absolute atomic E-state index is 0.0352. The third kappa shape index (κ3) is 3.22. The van der Waals surface area contributed by atoms with Crippen LogP contribution in [0.2, 0.25) is 0 Å². The Hall–Kier alpha value is -1.29. The Kier molecular flexibility index (Phi) is 2.96. The fourth-order valence-corrected chi connectivity index (χ4v) is 0.970. The van der Waals surface area contributed by atoms with Crippen molar-refractivity contribution in [2.45, 2.75) is 32.9 Å². The molecule has 4 N–H and O–H groups in total. The number of nitrogens with two attached hydrogens (primary N) is 1. The van der Waals surface area contributed by atoms with Crippen molar-refractivity contribution >= 4 is 5.84 Å². The molecule has 0 atom stereocenters. The molecule has 4 nitrogen and oxygen atoms in total. The molecule has 0 unspecified atom stereocenters. The van der Waals surface area contributed by atoms with Crippen molar-refractivity contribution in [2.24, 2.45) is 5.73 Å². The minimum atomic E-state index is -0.0352. The van der Waals surface area contributed by atoms with Crippen LogP contribution in [0, 0.1) is 5.41 Å². The van der Waals surface area contributed by atoms with E-state index in [1.165, 1.54) is 0 Å². The topological polar surface area (TPSA) is 75.0 Å². The van der Waals surface area contributed by atoms with Crippen molar-refractivity contribution in [2.75, 3.05) is 0 Å². The molecule has 0 saturated carbocycles. The maximum absolute atomic E-state index is 7.17. The molecule has 0 saturated heterocycles. The quantitative estimate of drug-likeness (QED) is 0.504. The number of nitrogens with one attached hydrogen (secondary N) is 2. The molecule has 0 fully saturated rings. The molecule has 0 aliphatic heterocycles. The van der Waals surface area contributed by atoms with Gasteiger partial charge in [-0.25, -0.2) is 0 Å². The standard InChI is InChI=1S/C10H17N3O/c1-10(2,3)13-6-7-4-5-8(14-7)9(11)12/h4-5,13H,6H2,1-3H3,(H3,11,12). The molecule has 0 spiro atoms. The number of amidine groups is 1. The van der Waals surface area contributed by atoms with Gasteiger partial charge >= 0.3 is 0 Å². The summed E-state index contributed by atoms with van der Waals surface area (Å²) in [5.41, 5.74) is 5.34. The van der Waals surface area contributed by atoms with Crippen molar-refractivity contribution in [1.82, 2.24) is 5.32 Å². The molecular weight excluding hydrogens is 178 g/mol. The lowest BCUT2D eigenvalue weighted by Crippen LogP contribution is -2.34. The van der Waals surface area contributed by atoms with Gasteiger partial charge in [-0.05, 0) is 32.9 Å². The monoisotopic (exact) mass is 195 g/mol. The Balaban J connectivity index is 2.56. The molecule has 1 rings (SSSR count). The van der Waals surface area contributed by atoms with Gasteiger partial charge in [0.15, 0.2) is 11.6 Å². The SMILES string of the molecule is CC(C)(C)NCc1ccc(C(=N)N)o1. The summed E-state index contributed by atoms with van der Waals surface area (Å²) in [4.78, 5) is 0. The van der Waals surface area contributed by atoms with Crippen molar-refractivity contribution < 1.29 is 4.42 Å². The summed E-state index contributed by atoms with van der Waals surface area (Å²) in [7, 11) is 0. The van der Waals surface area contributed by atoms with E-state index in [1.54, 1.807) is 6.07 Å². The Labute approximate surface area is 84.0 Å². The first-order valence-corrected chi connectivity index (χ1v) is 4.56. The lowest BCUT2D eigenvalue weighted by Gasteiger charge is -2.19. The highest BCUT2D eigenvalue weighted by atomic mass is 16.3. The van der Waals surface area contributed by atoms with E-state index in [-0.39, 0.29) is 11.4 Å². The molecule has 0 amide bonds. The number of nitrogen functional groups attached to an aromatic ring is 1. The second-order valence-corrected chi connectivity index (χ2v) is 4.28. The first kappa shape index (κ1) is 10.8. The van der Waals surface area contributed by atoms with Crippen LogP contribution in [0.4, 0.5) is 0 Å². The second-order valence-electron chi connectivity index (χ2n) is 4.28. The van der Waals surface area contributed by atoms with Gasteiger partial charge in [0.25, 0.3) is 0 Å². The van der Waals surface area contributed by atoms with E-state index in [2.05, 4.69) is 26.1 Å². The molecule has 0 aliphatic rings. The van der Waals surface area contributed by atoms with Crippen LogP contribution in [0.15, 0.2) is 16.5 Å². The molecule has 4 heteroatoms. The maximum atomic E-state index is 7.17. The first-order valence-electron chi connectivity index (χ1n) is 4.56. The van der Waals surface area contributed by atoms with Gasteiger partial charge in [-0.15, -0.1) is 0 Å². The summed E-state index contributed by atoms with van der Waals surface area (Å²) in [6.45, 7) is 6.91. The van der Waals surface area contributed by atoms with E-state index in [0.717, 1.165) is 5.76 Å². The summed E-state index contributed by atoms with van der Waals surface area (Å²) < 4.78 is 5.33. The minimum Gasteiger partial charge on any atom is -0.457 e. The van der Waals surface area contributed by atoms with Crippen LogP contribution in [0.1, 0.15) is 32.3 Å². The van der Waals surface area contributed by atoms with Gasteiger partial charge in [0.1, 0.15) is 5.76 Å². The third-order valence-electron chi connectivity index (χ3n) is 1.72. The Morgan fingerprint density at radius 2 is 2.14 bits per heavy atom. The molecular formula is C10H17N3O. The van der Waals surface area contributed by atoms with E-state index < -0.39 is 0 Å². The van der Waals surface area contributed by atoms with E-state index in [4.69, 9.17) is 15.6 Å². The van der Waals surface area contributed by atoms with Crippen LogP contribution < -0.4 is 11.1 Å². The Bertz CT molecular complexity index is 322. The van der Waals surface area contributed by atoms with Gasteiger partial charge in [0, 0.05) is 5.54 Å². The predicted molar refractivity (Wildman–Crippen MR) is 56.3 cm³/mol. The van der Waals surface area contributed by atoms with Gasteiger partial charge < -0.3 is 15.5 Å². The molecule has 1 aromatic rings. The Morgan fingerprint density at radius 3 is 2.57 bits per heavy atom. The van der Waals surface area contributed by atoms with E-state index >= 15 is 0 Å². The summed E-state index contributed by atoms with van der Waals surface area (Å²) in [5, 5.41) is 10.5. The fraction of sp³-hybridized carbons (Fsp3) is 0.500. The first-order chi connectivity index (χ1) is 6.38. The fourth-order valence-electron chi connectivity index (χ4n) is 0.970. The van der Waals surface area contributed by atoms with Crippen molar-refractivity contribution in [3.63, 3.8) is 0 Å². The molecule has 0 aromatic carbocycles. The molecule has 1 aromatic heterocycles. The molecule has 14 heavy (non-hydrogen) atoms. The lowest BCUT2D eigenvalue weighted by molar-refractivity contribution is 0.387. The number of rotatable bonds is 3. The highest BCUT2D eigenvalue weighted by Gasteiger charge is 2.10. The van der Waals surface area contributed by atoms with Gasteiger partial charge in [0.2, 0.25) is 0 Å². The van der Waals surface area contributed by atoms with Crippen molar-refractivity contribution in [3.8, 4) is 0 Å². The summed E-state index contributed by atoms with van der Waals surface area (Å²) in [6.07, 6.45) is 0. The van der Waals surface area contributed by atoms with E-state index in [1.807, 2.05) is 6.07 Å². The molecule has 78 valence electrons.